The first-order valence-electron chi connectivity index (χ1n) is 4.50. The highest BCUT2D eigenvalue weighted by atomic mass is 19.1. The molecule has 0 aromatic heterocycles. The van der Waals surface area contributed by atoms with Crippen molar-refractivity contribution in [3.63, 3.8) is 0 Å². The van der Waals surface area contributed by atoms with Gasteiger partial charge < -0.3 is 25.4 Å². The van der Waals surface area contributed by atoms with Crippen LogP contribution in [0.3, 0.4) is 0 Å². The molecule has 88 valence electrons. The SMILES string of the molecule is CC(=O)N[C@H]1C(O)O[C@H](CF)[C@@H](O)[C@@H]1O. The van der Waals surface area contributed by atoms with E-state index in [0.29, 0.717) is 0 Å². The van der Waals surface area contributed by atoms with Crippen molar-refractivity contribution in [3.05, 3.63) is 0 Å². The third kappa shape index (κ3) is 2.63. The van der Waals surface area contributed by atoms with Crippen LogP contribution in [0.1, 0.15) is 6.92 Å². The Bertz CT molecular complexity index is 239. The third-order valence-electron chi connectivity index (χ3n) is 2.24. The number of amides is 1. The van der Waals surface area contributed by atoms with Crippen LogP contribution in [0.2, 0.25) is 0 Å². The zero-order valence-electron chi connectivity index (χ0n) is 8.13. The molecule has 1 amide bonds. The molecule has 1 saturated heterocycles. The summed E-state index contributed by atoms with van der Waals surface area (Å²) in [7, 11) is 0. The van der Waals surface area contributed by atoms with Gasteiger partial charge in [-0.05, 0) is 0 Å². The van der Waals surface area contributed by atoms with Crippen LogP contribution in [-0.2, 0) is 9.53 Å². The zero-order chi connectivity index (χ0) is 11.6. The Labute approximate surface area is 85.7 Å². The number of nitrogens with one attached hydrogen (secondary N) is 1. The molecule has 7 heteroatoms. The molecule has 1 aliphatic rings. The Kier molecular flexibility index (Phi) is 3.97. The molecule has 1 rings (SSSR count). The molecule has 1 unspecified atom stereocenters. The Morgan fingerprint density at radius 1 is 1.40 bits per heavy atom. The van der Waals surface area contributed by atoms with Crippen LogP contribution in [0.4, 0.5) is 4.39 Å². The molecule has 1 fully saturated rings. The van der Waals surface area contributed by atoms with Crippen molar-refractivity contribution in [1.29, 1.82) is 0 Å². The van der Waals surface area contributed by atoms with Gasteiger partial charge in [0, 0.05) is 6.92 Å². The summed E-state index contributed by atoms with van der Waals surface area (Å²) in [6, 6.07) is -1.15. The van der Waals surface area contributed by atoms with Crippen LogP contribution in [0.5, 0.6) is 0 Å². The molecule has 0 aromatic rings. The molecule has 6 nitrogen and oxygen atoms in total. The van der Waals surface area contributed by atoms with Crippen molar-refractivity contribution in [2.75, 3.05) is 6.67 Å². The van der Waals surface area contributed by atoms with E-state index in [9.17, 15) is 24.5 Å². The molecule has 5 atom stereocenters. The van der Waals surface area contributed by atoms with E-state index in [1.807, 2.05) is 0 Å². The molecule has 0 spiro atoms. The predicted octanol–water partition coefficient (Wildman–Crippen LogP) is -2.10. The number of hydrogen-bond donors (Lipinski definition) is 4. The minimum Gasteiger partial charge on any atom is -0.388 e. The summed E-state index contributed by atoms with van der Waals surface area (Å²) in [6.07, 6.45) is -5.75. The van der Waals surface area contributed by atoms with Gasteiger partial charge in [-0.15, -0.1) is 0 Å². The summed E-state index contributed by atoms with van der Waals surface area (Å²) in [4.78, 5) is 10.7. The fraction of sp³-hybridized carbons (Fsp3) is 0.875. The van der Waals surface area contributed by atoms with Crippen LogP contribution >= 0.6 is 0 Å². The van der Waals surface area contributed by atoms with Crippen molar-refractivity contribution in [1.82, 2.24) is 5.32 Å². The van der Waals surface area contributed by atoms with Gasteiger partial charge in [-0.25, -0.2) is 4.39 Å². The van der Waals surface area contributed by atoms with Crippen LogP contribution in [-0.4, -0.2) is 58.5 Å². The van der Waals surface area contributed by atoms with Crippen molar-refractivity contribution in [3.8, 4) is 0 Å². The first-order chi connectivity index (χ1) is 6.97. The maximum atomic E-state index is 12.3. The van der Waals surface area contributed by atoms with Crippen LogP contribution in [0, 0.1) is 0 Å². The van der Waals surface area contributed by atoms with Gasteiger partial charge in [0.2, 0.25) is 5.91 Å². The van der Waals surface area contributed by atoms with Gasteiger partial charge in [0.25, 0.3) is 0 Å². The summed E-state index contributed by atoms with van der Waals surface area (Å²) in [6.45, 7) is 0.162. The lowest BCUT2D eigenvalue weighted by molar-refractivity contribution is -0.249. The number of aliphatic hydroxyl groups is 3. The van der Waals surface area contributed by atoms with Gasteiger partial charge in [-0.2, -0.15) is 0 Å². The van der Waals surface area contributed by atoms with E-state index < -0.39 is 43.2 Å². The highest BCUT2D eigenvalue weighted by molar-refractivity contribution is 5.73. The van der Waals surface area contributed by atoms with Gasteiger partial charge in [-0.3, -0.25) is 4.79 Å². The Hall–Kier alpha value is -0.760. The quantitative estimate of drug-likeness (QED) is 0.430. The second-order valence-electron chi connectivity index (χ2n) is 3.43. The topological polar surface area (TPSA) is 99.0 Å². The molecule has 1 heterocycles. The van der Waals surface area contributed by atoms with Crippen molar-refractivity contribution in [2.45, 2.75) is 37.6 Å². The van der Waals surface area contributed by atoms with E-state index in [-0.39, 0.29) is 0 Å². The maximum Gasteiger partial charge on any atom is 0.217 e. The largest absolute Gasteiger partial charge is 0.388 e. The molecular weight excluding hydrogens is 209 g/mol. The lowest BCUT2D eigenvalue weighted by Gasteiger charge is -2.39. The number of hydrogen-bond acceptors (Lipinski definition) is 5. The zero-order valence-corrected chi connectivity index (χ0v) is 8.13. The van der Waals surface area contributed by atoms with Gasteiger partial charge in [0.05, 0.1) is 0 Å². The van der Waals surface area contributed by atoms with E-state index in [4.69, 9.17) is 0 Å². The maximum absolute atomic E-state index is 12.3. The second kappa shape index (κ2) is 4.84. The Morgan fingerprint density at radius 2 is 2.00 bits per heavy atom. The third-order valence-corrected chi connectivity index (χ3v) is 2.24. The highest BCUT2D eigenvalue weighted by Gasteiger charge is 2.44. The average molecular weight is 223 g/mol. The van der Waals surface area contributed by atoms with E-state index >= 15 is 0 Å². The molecule has 1 aliphatic heterocycles. The van der Waals surface area contributed by atoms with Gasteiger partial charge in [-0.1, -0.05) is 0 Å². The first-order valence-corrected chi connectivity index (χ1v) is 4.50. The number of rotatable bonds is 2. The standard InChI is InChI=1S/C8H14FNO5/c1-3(11)10-5-7(13)6(12)4(2-9)15-8(5)14/h4-8,12-14H,2H2,1H3,(H,10,11)/t4-,5-,6-,7-,8?/m1/s1. The van der Waals surface area contributed by atoms with E-state index in [1.165, 1.54) is 6.92 Å². The normalized spacial score (nSPS) is 41.3. The van der Waals surface area contributed by atoms with Crippen LogP contribution in [0.15, 0.2) is 0 Å². The molecule has 0 aliphatic carbocycles. The fourth-order valence-corrected chi connectivity index (χ4v) is 1.46. The molecule has 0 aromatic carbocycles. The molecule has 0 bridgehead atoms. The summed E-state index contributed by atoms with van der Waals surface area (Å²) < 4.78 is 17.0. The summed E-state index contributed by atoms with van der Waals surface area (Å²) in [5.74, 6) is -0.493. The predicted molar refractivity (Wildman–Crippen MR) is 46.5 cm³/mol. The highest BCUT2D eigenvalue weighted by Crippen LogP contribution is 2.20. The van der Waals surface area contributed by atoms with Crippen molar-refractivity contribution in [2.24, 2.45) is 0 Å². The first kappa shape index (κ1) is 12.3. The minimum atomic E-state index is -1.53. The van der Waals surface area contributed by atoms with E-state index in [2.05, 4.69) is 10.1 Å². The number of aliphatic hydroxyl groups excluding tert-OH is 3. The molecular formula is C8H14FNO5. The van der Waals surface area contributed by atoms with Crippen LogP contribution < -0.4 is 5.32 Å². The van der Waals surface area contributed by atoms with Crippen molar-refractivity contribution >= 4 is 5.91 Å². The molecule has 0 radical (unpaired) electrons. The fourth-order valence-electron chi connectivity index (χ4n) is 1.46. The van der Waals surface area contributed by atoms with Gasteiger partial charge >= 0.3 is 0 Å². The number of carbonyl (C=O) groups excluding carboxylic acids is 1. The average Bonchev–Trinajstić information content (AvgIpc) is 2.18. The van der Waals surface area contributed by atoms with Gasteiger partial charge in [0.1, 0.15) is 31.0 Å². The number of halogens is 1. The lowest BCUT2D eigenvalue weighted by atomic mass is 9.97. The smallest absolute Gasteiger partial charge is 0.217 e. The number of ether oxygens (including phenoxy) is 1. The van der Waals surface area contributed by atoms with Crippen LogP contribution in [0.25, 0.3) is 0 Å². The lowest BCUT2D eigenvalue weighted by Crippen LogP contribution is -2.63. The molecule has 4 N–H and O–H groups in total. The Morgan fingerprint density at radius 3 is 2.47 bits per heavy atom. The summed E-state index contributed by atoms with van der Waals surface area (Å²) >= 11 is 0. The monoisotopic (exact) mass is 223 g/mol. The minimum absolute atomic E-state index is 0.493. The second-order valence-corrected chi connectivity index (χ2v) is 3.43. The van der Waals surface area contributed by atoms with Gasteiger partial charge in [0.15, 0.2) is 6.29 Å². The van der Waals surface area contributed by atoms with E-state index in [1.54, 1.807) is 0 Å². The number of alkyl halides is 1. The Balaban J connectivity index is 2.70. The summed E-state index contributed by atoms with van der Waals surface area (Å²) in [5.41, 5.74) is 0. The van der Waals surface area contributed by atoms with Crippen molar-refractivity contribution < 1.29 is 29.2 Å². The number of carbonyl (C=O) groups is 1. The molecule has 15 heavy (non-hydrogen) atoms. The molecule has 0 saturated carbocycles. The van der Waals surface area contributed by atoms with E-state index in [0.717, 1.165) is 0 Å². The summed E-state index contributed by atoms with van der Waals surface area (Å²) in [5, 5.41) is 30.4.